The highest BCUT2D eigenvalue weighted by molar-refractivity contribution is 5.85. The maximum atomic E-state index is 11.8. The van der Waals surface area contributed by atoms with Gasteiger partial charge in [-0.1, -0.05) is 6.58 Å². The van der Waals surface area contributed by atoms with Crippen molar-refractivity contribution in [1.82, 2.24) is 10.2 Å². The van der Waals surface area contributed by atoms with Gasteiger partial charge in [-0.25, -0.2) is 0 Å². The molecule has 2 aliphatic rings. The number of piperidine rings is 1. The van der Waals surface area contributed by atoms with Crippen molar-refractivity contribution < 1.29 is 4.79 Å². The van der Waals surface area contributed by atoms with E-state index in [-0.39, 0.29) is 11.3 Å². The Morgan fingerprint density at radius 2 is 2.31 bits per heavy atom. The average Bonchev–Trinajstić information content (AvgIpc) is 2.43. The Labute approximate surface area is 78.8 Å². The molecule has 1 spiro atoms. The Bertz CT molecular complexity index is 262. The van der Waals surface area contributed by atoms with Gasteiger partial charge in [0.2, 0.25) is 5.91 Å². The number of likely N-dealkylation sites (tertiary alicyclic amines) is 1. The fourth-order valence-electron chi connectivity index (χ4n) is 2.33. The van der Waals surface area contributed by atoms with E-state index >= 15 is 0 Å². The smallest absolute Gasteiger partial charge is 0.231 e. The largest absolute Gasteiger partial charge is 0.330 e. The zero-order valence-corrected chi connectivity index (χ0v) is 8.10. The maximum Gasteiger partial charge on any atom is 0.231 e. The second kappa shape index (κ2) is 2.84. The van der Waals surface area contributed by atoms with Gasteiger partial charge in [0.1, 0.15) is 0 Å². The van der Waals surface area contributed by atoms with Gasteiger partial charge in [0.25, 0.3) is 0 Å². The van der Waals surface area contributed by atoms with Crippen LogP contribution >= 0.6 is 0 Å². The van der Waals surface area contributed by atoms with Crippen molar-refractivity contribution >= 4 is 5.91 Å². The van der Waals surface area contributed by atoms with E-state index < -0.39 is 0 Å². The number of nitrogens with zero attached hydrogens (tertiary/aromatic N) is 1. The van der Waals surface area contributed by atoms with Crippen LogP contribution < -0.4 is 5.32 Å². The third kappa shape index (κ3) is 1.37. The molecule has 2 saturated heterocycles. The Morgan fingerprint density at radius 3 is 2.85 bits per heavy atom. The number of hydrogen-bond donors (Lipinski definition) is 1. The van der Waals surface area contributed by atoms with E-state index in [0.717, 1.165) is 38.0 Å². The first-order valence-electron chi connectivity index (χ1n) is 4.80. The van der Waals surface area contributed by atoms with Crippen LogP contribution in [0.15, 0.2) is 12.3 Å². The molecule has 13 heavy (non-hydrogen) atoms. The van der Waals surface area contributed by atoms with Crippen molar-refractivity contribution in [2.45, 2.75) is 19.3 Å². The molecular formula is C10H16N2O. The summed E-state index contributed by atoms with van der Waals surface area (Å²) in [5.74, 6) is 0.188. The maximum absolute atomic E-state index is 11.8. The predicted molar refractivity (Wildman–Crippen MR) is 51.1 cm³/mol. The van der Waals surface area contributed by atoms with Crippen molar-refractivity contribution in [3.05, 3.63) is 12.3 Å². The molecule has 3 nitrogen and oxygen atoms in total. The summed E-state index contributed by atoms with van der Waals surface area (Å²) in [6, 6.07) is 0. The predicted octanol–water partition coefficient (Wildman–Crippen LogP) is 0.732. The number of hydrogen-bond acceptors (Lipinski definition) is 2. The van der Waals surface area contributed by atoms with E-state index in [1.165, 1.54) is 0 Å². The number of carbonyl (C=O) groups excluding carboxylic acids is 1. The third-order valence-electron chi connectivity index (χ3n) is 3.22. The van der Waals surface area contributed by atoms with Crippen LogP contribution in [0.2, 0.25) is 0 Å². The average molecular weight is 180 g/mol. The molecule has 1 amide bonds. The minimum atomic E-state index is -0.101. The highest BCUT2D eigenvalue weighted by Crippen LogP contribution is 2.38. The quantitative estimate of drug-likeness (QED) is 0.596. The van der Waals surface area contributed by atoms with Crippen molar-refractivity contribution in [3.8, 4) is 0 Å². The first-order chi connectivity index (χ1) is 6.12. The third-order valence-corrected chi connectivity index (χ3v) is 3.22. The lowest BCUT2D eigenvalue weighted by Gasteiger charge is -2.32. The van der Waals surface area contributed by atoms with Crippen molar-refractivity contribution in [1.29, 1.82) is 0 Å². The summed E-state index contributed by atoms with van der Waals surface area (Å²) >= 11 is 0. The van der Waals surface area contributed by atoms with Crippen LogP contribution in [0.1, 0.15) is 19.3 Å². The SMILES string of the molecule is C=C1CCC2(CCN(C)C2)C(=O)N1. The number of carbonyl (C=O) groups is 1. The van der Waals surface area contributed by atoms with Crippen molar-refractivity contribution in [3.63, 3.8) is 0 Å². The van der Waals surface area contributed by atoms with Gasteiger partial charge in [-0.15, -0.1) is 0 Å². The topological polar surface area (TPSA) is 32.3 Å². The lowest BCUT2D eigenvalue weighted by molar-refractivity contribution is -0.131. The van der Waals surface area contributed by atoms with Crippen LogP contribution in [0.25, 0.3) is 0 Å². The standard InChI is InChI=1S/C10H16N2O/c1-8-3-4-10(9(13)11-8)5-6-12(2)7-10/h1,3-7H2,2H3,(H,11,13). The van der Waals surface area contributed by atoms with E-state index in [4.69, 9.17) is 0 Å². The molecule has 0 aromatic rings. The Kier molecular flexibility index (Phi) is 1.91. The van der Waals surface area contributed by atoms with E-state index in [0.29, 0.717) is 0 Å². The molecule has 72 valence electrons. The molecule has 0 aromatic carbocycles. The molecule has 2 aliphatic heterocycles. The second-order valence-corrected chi connectivity index (χ2v) is 4.33. The summed E-state index contributed by atoms with van der Waals surface area (Å²) in [4.78, 5) is 14.0. The van der Waals surface area contributed by atoms with Crippen molar-refractivity contribution in [2.24, 2.45) is 5.41 Å². The minimum Gasteiger partial charge on any atom is -0.330 e. The van der Waals surface area contributed by atoms with Gasteiger partial charge in [-0.05, 0) is 32.9 Å². The Hall–Kier alpha value is -0.830. The minimum absolute atomic E-state index is 0.101. The zero-order valence-electron chi connectivity index (χ0n) is 8.10. The molecular weight excluding hydrogens is 164 g/mol. The summed E-state index contributed by atoms with van der Waals surface area (Å²) < 4.78 is 0. The van der Waals surface area contributed by atoms with Crippen LogP contribution in [-0.4, -0.2) is 30.9 Å². The molecule has 3 heteroatoms. The summed E-state index contributed by atoms with van der Waals surface area (Å²) in [5.41, 5.74) is 0.779. The molecule has 2 heterocycles. The lowest BCUT2D eigenvalue weighted by Crippen LogP contribution is -2.45. The number of amides is 1. The fraction of sp³-hybridized carbons (Fsp3) is 0.700. The van der Waals surface area contributed by atoms with E-state index in [9.17, 15) is 4.79 Å². The van der Waals surface area contributed by atoms with E-state index in [1.807, 2.05) is 0 Å². The fourth-order valence-corrected chi connectivity index (χ4v) is 2.33. The van der Waals surface area contributed by atoms with Crippen LogP contribution in [0.5, 0.6) is 0 Å². The highest BCUT2D eigenvalue weighted by atomic mass is 16.2. The molecule has 1 atom stereocenters. The van der Waals surface area contributed by atoms with E-state index in [1.54, 1.807) is 0 Å². The lowest BCUT2D eigenvalue weighted by atomic mass is 9.78. The zero-order chi connectivity index (χ0) is 9.47. The van der Waals surface area contributed by atoms with Gasteiger partial charge in [-0.2, -0.15) is 0 Å². The van der Waals surface area contributed by atoms with Gasteiger partial charge in [0, 0.05) is 12.2 Å². The molecule has 0 saturated carbocycles. The molecule has 1 unspecified atom stereocenters. The highest BCUT2D eigenvalue weighted by Gasteiger charge is 2.45. The normalized spacial score (nSPS) is 35.5. The Morgan fingerprint density at radius 1 is 1.54 bits per heavy atom. The number of nitrogens with one attached hydrogen (secondary N) is 1. The molecule has 0 aromatic heterocycles. The van der Waals surface area contributed by atoms with Gasteiger partial charge in [0.05, 0.1) is 5.41 Å². The summed E-state index contributed by atoms with van der Waals surface area (Å²) in [6.45, 7) is 5.74. The molecule has 0 bridgehead atoms. The first kappa shape index (κ1) is 8.75. The molecule has 2 fully saturated rings. The van der Waals surface area contributed by atoms with Gasteiger partial charge >= 0.3 is 0 Å². The number of allylic oxidation sites excluding steroid dienone is 1. The second-order valence-electron chi connectivity index (χ2n) is 4.33. The van der Waals surface area contributed by atoms with Crippen LogP contribution in [0.3, 0.4) is 0 Å². The van der Waals surface area contributed by atoms with Gasteiger partial charge in [-0.3, -0.25) is 4.79 Å². The van der Waals surface area contributed by atoms with Gasteiger partial charge < -0.3 is 10.2 Å². The summed E-state index contributed by atoms with van der Waals surface area (Å²) in [7, 11) is 2.07. The molecule has 0 aliphatic carbocycles. The monoisotopic (exact) mass is 180 g/mol. The first-order valence-corrected chi connectivity index (χ1v) is 4.80. The number of rotatable bonds is 0. The molecule has 2 rings (SSSR count). The van der Waals surface area contributed by atoms with Crippen molar-refractivity contribution in [2.75, 3.05) is 20.1 Å². The van der Waals surface area contributed by atoms with Crippen LogP contribution in [0.4, 0.5) is 0 Å². The summed E-state index contributed by atoms with van der Waals surface area (Å²) in [6.07, 6.45) is 2.92. The van der Waals surface area contributed by atoms with Crippen LogP contribution in [0, 0.1) is 5.41 Å². The van der Waals surface area contributed by atoms with Gasteiger partial charge in [0.15, 0.2) is 0 Å². The van der Waals surface area contributed by atoms with Crippen LogP contribution in [-0.2, 0) is 4.79 Å². The Balaban J connectivity index is 2.15. The molecule has 0 radical (unpaired) electrons. The molecule has 1 N–H and O–H groups in total. The summed E-state index contributed by atoms with van der Waals surface area (Å²) in [5, 5.41) is 2.87. The van der Waals surface area contributed by atoms with E-state index in [2.05, 4.69) is 23.8 Å².